The predicted molar refractivity (Wildman–Crippen MR) is 192 cm³/mol. The molecule has 7 heteroatoms. The molecule has 2 aromatic carbocycles. The molecular formula is C38H48N4O2S. The van der Waals surface area contributed by atoms with E-state index < -0.39 is 0 Å². The molecule has 0 fully saturated rings. The first-order valence-corrected chi connectivity index (χ1v) is 16.2. The molecule has 0 saturated carbocycles. The molecule has 6 aromatic rings. The van der Waals surface area contributed by atoms with Gasteiger partial charge in [-0.3, -0.25) is 9.36 Å². The zero-order chi connectivity index (χ0) is 32.9. The monoisotopic (exact) mass is 624 g/mol. The lowest BCUT2D eigenvalue weighted by molar-refractivity contribution is 0.0941. The van der Waals surface area contributed by atoms with Crippen LogP contribution in [0.3, 0.4) is 0 Å². The number of likely N-dealkylation sites (N-methyl/N-ethyl adjacent to an activating group) is 1. The highest BCUT2D eigenvalue weighted by molar-refractivity contribution is 7.08. The Morgan fingerprint density at radius 3 is 2.07 bits per heavy atom. The number of para-hydroxylation sites is 1. The fourth-order valence-electron chi connectivity index (χ4n) is 4.38. The molecule has 45 heavy (non-hydrogen) atoms. The highest BCUT2D eigenvalue weighted by atomic mass is 32.1. The molecule has 5 heterocycles. The summed E-state index contributed by atoms with van der Waals surface area (Å²) in [7, 11) is 2.16. The van der Waals surface area contributed by atoms with E-state index in [1.165, 1.54) is 40.8 Å². The molecule has 0 aliphatic carbocycles. The van der Waals surface area contributed by atoms with Gasteiger partial charge in [-0.25, -0.2) is 4.98 Å². The number of imidazole rings is 1. The molecule has 0 unspecified atom stereocenters. The van der Waals surface area contributed by atoms with E-state index in [0.29, 0.717) is 0 Å². The summed E-state index contributed by atoms with van der Waals surface area (Å²) in [4.78, 5) is 20.7. The number of furan rings is 1. The zero-order valence-corrected chi connectivity index (χ0v) is 29.1. The van der Waals surface area contributed by atoms with E-state index in [4.69, 9.17) is 4.42 Å². The molecule has 0 bridgehead atoms. The maximum Gasteiger partial charge on any atom is 0.227 e. The van der Waals surface area contributed by atoms with Gasteiger partial charge in [-0.15, -0.1) is 0 Å². The van der Waals surface area contributed by atoms with Gasteiger partial charge in [-0.2, -0.15) is 11.3 Å². The number of hydrogen-bond donors (Lipinski definition) is 1. The van der Waals surface area contributed by atoms with Gasteiger partial charge < -0.3 is 14.3 Å². The minimum atomic E-state index is 0.0595. The van der Waals surface area contributed by atoms with Crippen molar-refractivity contribution < 1.29 is 9.21 Å². The van der Waals surface area contributed by atoms with Gasteiger partial charge in [0.15, 0.2) is 0 Å². The molecule has 6 nitrogen and oxygen atoms in total. The minimum Gasteiger partial charge on any atom is -0.472 e. The van der Waals surface area contributed by atoms with E-state index in [2.05, 4.69) is 78.6 Å². The van der Waals surface area contributed by atoms with Crippen LogP contribution in [0, 0.1) is 41.5 Å². The largest absolute Gasteiger partial charge is 0.472 e. The van der Waals surface area contributed by atoms with Crippen molar-refractivity contribution in [2.24, 2.45) is 0 Å². The number of aryl methyl sites for hydroxylation is 6. The van der Waals surface area contributed by atoms with E-state index in [9.17, 15) is 4.79 Å². The number of aromatic nitrogens is 3. The highest BCUT2D eigenvalue weighted by Gasteiger charge is 2.06. The molecule has 0 amide bonds. The van der Waals surface area contributed by atoms with E-state index in [1.54, 1.807) is 47.3 Å². The molecular weight excluding hydrogens is 577 g/mol. The summed E-state index contributed by atoms with van der Waals surface area (Å²) in [6, 6.07) is 14.1. The fraction of sp³-hybridized carbons (Fsp3) is 0.316. The number of nitrogens with one attached hydrogen (secondary N) is 1. The Labute approximate surface area is 272 Å². The van der Waals surface area contributed by atoms with Crippen molar-refractivity contribution in [1.82, 2.24) is 19.4 Å². The van der Waals surface area contributed by atoms with Crippen LogP contribution in [-0.2, 0) is 0 Å². The molecule has 1 aliphatic heterocycles. The number of benzene rings is 2. The summed E-state index contributed by atoms with van der Waals surface area (Å²) >= 11 is 1.77. The number of H-pyrrole nitrogens is 1. The first-order chi connectivity index (χ1) is 21.5. The standard InChI is InChI=1S/C11H11NO.C8H8N2.C7H13N.C6H8O.C6H8S/c1-8-7-12(9(2)13)11-6-4-3-5-10(8)11;1-6-2-3-7-8(4-6)10-5-9-7;1-7-3-5-8(2)6-4-7;2*1-5-3-7-4-6(5)2/h3-7H,1-2H3;2-5H,1H3,(H,9,10);3H,4-6H2,1-2H3;2*3-4H,1-2H3. The third-order valence-electron chi connectivity index (χ3n) is 7.69. The summed E-state index contributed by atoms with van der Waals surface area (Å²) in [5, 5.41) is 5.47. The van der Waals surface area contributed by atoms with Crippen molar-refractivity contribution >= 4 is 39.2 Å². The molecule has 0 spiro atoms. The van der Waals surface area contributed by atoms with Gasteiger partial charge in [-0.05, 0) is 124 Å². The number of carbonyl (C=O) groups excluding carboxylic acids is 1. The predicted octanol–water partition coefficient (Wildman–Crippen LogP) is 10.0. The smallest absolute Gasteiger partial charge is 0.227 e. The van der Waals surface area contributed by atoms with Crippen LogP contribution in [0.25, 0.3) is 21.9 Å². The number of nitrogens with zero attached hydrogens (tertiary/aromatic N) is 3. The second-order valence-corrected chi connectivity index (χ2v) is 12.4. The lowest BCUT2D eigenvalue weighted by atomic mass is 10.1. The second-order valence-electron chi connectivity index (χ2n) is 11.7. The quantitative estimate of drug-likeness (QED) is 0.171. The Morgan fingerprint density at radius 2 is 1.56 bits per heavy atom. The Balaban J connectivity index is 0.000000157. The average molecular weight is 625 g/mol. The third-order valence-corrected chi connectivity index (χ3v) is 8.67. The lowest BCUT2D eigenvalue weighted by Crippen LogP contribution is -2.23. The van der Waals surface area contributed by atoms with Crippen LogP contribution in [0.1, 0.15) is 58.4 Å². The molecule has 238 valence electrons. The number of hydrogen-bond acceptors (Lipinski definition) is 5. The van der Waals surface area contributed by atoms with E-state index >= 15 is 0 Å². The summed E-state index contributed by atoms with van der Waals surface area (Å²) in [6.07, 6.45) is 10.6. The van der Waals surface area contributed by atoms with Crippen LogP contribution in [0.15, 0.2) is 94.3 Å². The van der Waals surface area contributed by atoms with Crippen LogP contribution in [0.2, 0.25) is 0 Å². The van der Waals surface area contributed by atoms with Crippen molar-refractivity contribution in [3.8, 4) is 0 Å². The van der Waals surface area contributed by atoms with Crippen molar-refractivity contribution in [2.75, 3.05) is 20.1 Å². The van der Waals surface area contributed by atoms with Crippen LogP contribution in [0.4, 0.5) is 0 Å². The number of fused-ring (bicyclic) bond motifs is 2. The SMILES string of the molecule is CC(=O)n1cc(C)c2ccccc21.CC1=CCN(C)CC1.Cc1ccc2nc[nH]c2c1.Cc1cocc1C.Cc1cscc1C. The van der Waals surface area contributed by atoms with E-state index in [0.717, 1.165) is 34.0 Å². The third kappa shape index (κ3) is 11.0. The summed E-state index contributed by atoms with van der Waals surface area (Å²) in [5.41, 5.74) is 12.3. The van der Waals surface area contributed by atoms with Gasteiger partial charge >= 0.3 is 0 Å². The van der Waals surface area contributed by atoms with Crippen LogP contribution in [-0.4, -0.2) is 45.5 Å². The Morgan fingerprint density at radius 1 is 0.889 bits per heavy atom. The fourth-order valence-corrected chi connectivity index (χ4v) is 5.23. The van der Waals surface area contributed by atoms with Gasteiger partial charge in [-0.1, -0.05) is 35.9 Å². The van der Waals surface area contributed by atoms with Gasteiger partial charge in [0.1, 0.15) is 0 Å². The minimum absolute atomic E-state index is 0.0595. The Kier molecular flexibility index (Phi) is 13.6. The maximum absolute atomic E-state index is 11.2. The van der Waals surface area contributed by atoms with Crippen molar-refractivity contribution in [1.29, 1.82) is 0 Å². The van der Waals surface area contributed by atoms with Crippen LogP contribution >= 0.6 is 11.3 Å². The molecule has 1 N–H and O–H groups in total. The average Bonchev–Trinajstić information content (AvgIpc) is 3.81. The highest BCUT2D eigenvalue weighted by Crippen LogP contribution is 2.20. The van der Waals surface area contributed by atoms with Gasteiger partial charge in [0.25, 0.3) is 0 Å². The topological polar surface area (TPSA) is 67.1 Å². The number of aromatic amines is 1. The first kappa shape index (κ1) is 35.3. The Bertz CT molecular complexity index is 1750. The number of rotatable bonds is 0. The van der Waals surface area contributed by atoms with E-state index in [-0.39, 0.29) is 5.91 Å². The lowest BCUT2D eigenvalue weighted by Gasteiger charge is -2.19. The summed E-state index contributed by atoms with van der Waals surface area (Å²) in [5.74, 6) is 0.0595. The first-order valence-electron chi connectivity index (χ1n) is 15.3. The molecule has 1 aliphatic rings. The molecule has 7 rings (SSSR count). The maximum atomic E-state index is 11.2. The molecule has 0 radical (unpaired) electrons. The summed E-state index contributed by atoms with van der Waals surface area (Å²) in [6.45, 7) is 18.6. The van der Waals surface area contributed by atoms with Crippen molar-refractivity contribution in [3.63, 3.8) is 0 Å². The van der Waals surface area contributed by atoms with E-state index in [1.807, 2.05) is 57.3 Å². The normalized spacial score (nSPS) is 12.4. The van der Waals surface area contributed by atoms with Gasteiger partial charge in [0.2, 0.25) is 5.91 Å². The van der Waals surface area contributed by atoms with Crippen molar-refractivity contribution in [2.45, 2.75) is 61.8 Å². The van der Waals surface area contributed by atoms with Crippen molar-refractivity contribution in [3.05, 3.63) is 123 Å². The number of thiophene rings is 1. The second kappa shape index (κ2) is 17.3. The van der Waals surface area contributed by atoms with Gasteiger partial charge in [0.05, 0.1) is 35.4 Å². The number of carbonyl (C=O) groups is 1. The van der Waals surface area contributed by atoms with Crippen LogP contribution in [0.5, 0.6) is 0 Å². The summed E-state index contributed by atoms with van der Waals surface area (Å²) < 4.78 is 6.53. The molecule has 4 aromatic heterocycles. The van der Waals surface area contributed by atoms with Gasteiger partial charge in [0, 0.05) is 31.6 Å². The zero-order valence-electron chi connectivity index (χ0n) is 28.3. The molecule has 0 atom stereocenters. The van der Waals surface area contributed by atoms with Crippen LogP contribution < -0.4 is 0 Å². The Hall–Kier alpha value is -4.20. The molecule has 0 saturated heterocycles.